The molecule has 4 heteroatoms. The predicted octanol–water partition coefficient (Wildman–Crippen LogP) is 3.51. The number of fused-ring (bicyclic) bond motifs is 1. The van der Waals surface area contributed by atoms with Gasteiger partial charge in [-0.2, -0.15) is 0 Å². The van der Waals surface area contributed by atoms with Gasteiger partial charge in [0.05, 0.1) is 14.2 Å². The van der Waals surface area contributed by atoms with Crippen LogP contribution in [0.15, 0.2) is 46.9 Å². The highest BCUT2D eigenvalue weighted by molar-refractivity contribution is 5.79. The van der Waals surface area contributed by atoms with E-state index in [1.54, 1.807) is 14.2 Å². The molecule has 0 aliphatic heterocycles. The summed E-state index contributed by atoms with van der Waals surface area (Å²) in [5.41, 5.74) is 2.28. The lowest BCUT2D eigenvalue weighted by atomic mass is 10.1. The van der Waals surface area contributed by atoms with E-state index >= 15 is 0 Å². The molecule has 0 unspecified atom stereocenters. The lowest BCUT2D eigenvalue weighted by Crippen LogP contribution is -1.92. The first-order valence-electron chi connectivity index (χ1n) is 5.90. The Morgan fingerprint density at radius 3 is 2.21 bits per heavy atom. The monoisotopic (exact) mass is 255 g/mol. The molecular weight excluding hydrogens is 242 g/mol. The molecule has 0 N–H and O–H groups in total. The van der Waals surface area contributed by atoms with Crippen LogP contribution in [-0.4, -0.2) is 19.2 Å². The summed E-state index contributed by atoms with van der Waals surface area (Å²) < 4.78 is 16.5. The number of nitrogens with zero attached hydrogens (tertiary/aromatic N) is 1. The van der Waals surface area contributed by atoms with E-state index < -0.39 is 0 Å². The zero-order valence-electron chi connectivity index (χ0n) is 10.7. The largest absolute Gasteiger partial charge is 0.496 e. The highest BCUT2D eigenvalue weighted by Gasteiger charge is 2.17. The second-order valence-corrected chi connectivity index (χ2v) is 4.02. The number of oxazole rings is 1. The van der Waals surface area contributed by atoms with E-state index in [9.17, 15) is 0 Å². The Balaban J connectivity index is 2.25. The standard InChI is InChI=1S/C15H13NO3/c1-17-12-8-5-9-13(18-2)14(12)15-16-10-6-3-4-7-11(10)19-15/h3-9H,1-2H3. The van der Waals surface area contributed by atoms with Crippen LogP contribution in [0.25, 0.3) is 22.6 Å². The quantitative estimate of drug-likeness (QED) is 0.718. The number of para-hydroxylation sites is 2. The average molecular weight is 255 g/mol. The van der Waals surface area contributed by atoms with Gasteiger partial charge in [-0.3, -0.25) is 0 Å². The molecule has 3 aromatic rings. The minimum absolute atomic E-state index is 0.496. The van der Waals surface area contributed by atoms with Gasteiger partial charge in [-0.1, -0.05) is 18.2 Å². The van der Waals surface area contributed by atoms with E-state index in [1.165, 1.54) is 0 Å². The first-order chi connectivity index (χ1) is 9.33. The Labute approximate surface area is 110 Å². The van der Waals surface area contributed by atoms with Crippen LogP contribution in [-0.2, 0) is 0 Å². The highest BCUT2D eigenvalue weighted by atomic mass is 16.5. The van der Waals surface area contributed by atoms with Crippen LogP contribution >= 0.6 is 0 Å². The molecule has 0 fully saturated rings. The zero-order valence-corrected chi connectivity index (χ0v) is 10.7. The summed E-state index contributed by atoms with van der Waals surface area (Å²) in [6.07, 6.45) is 0. The SMILES string of the molecule is COc1cccc(OC)c1-c1nc2ccccc2o1. The topological polar surface area (TPSA) is 44.5 Å². The molecule has 19 heavy (non-hydrogen) atoms. The molecule has 0 aliphatic rings. The highest BCUT2D eigenvalue weighted by Crippen LogP contribution is 2.38. The predicted molar refractivity (Wildman–Crippen MR) is 72.5 cm³/mol. The van der Waals surface area contributed by atoms with E-state index in [4.69, 9.17) is 13.9 Å². The minimum atomic E-state index is 0.496. The van der Waals surface area contributed by atoms with E-state index in [1.807, 2.05) is 42.5 Å². The molecule has 0 atom stereocenters. The third-order valence-corrected chi connectivity index (χ3v) is 2.94. The first-order valence-corrected chi connectivity index (χ1v) is 5.90. The fourth-order valence-corrected chi connectivity index (χ4v) is 2.04. The second-order valence-electron chi connectivity index (χ2n) is 4.02. The number of hydrogen-bond donors (Lipinski definition) is 0. The minimum Gasteiger partial charge on any atom is -0.496 e. The number of ether oxygens (including phenoxy) is 2. The van der Waals surface area contributed by atoms with Crippen LogP contribution in [0.5, 0.6) is 11.5 Å². The maximum atomic E-state index is 5.77. The fraction of sp³-hybridized carbons (Fsp3) is 0.133. The van der Waals surface area contributed by atoms with E-state index in [2.05, 4.69) is 4.98 Å². The zero-order chi connectivity index (χ0) is 13.2. The third-order valence-electron chi connectivity index (χ3n) is 2.94. The lowest BCUT2D eigenvalue weighted by Gasteiger charge is -2.09. The molecule has 4 nitrogen and oxygen atoms in total. The van der Waals surface area contributed by atoms with Crippen molar-refractivity contribution in [2.75, 3.05) is 14.2 Å². The number of rotatable bonds is 3. The summed E-state index contributed by atoms with van der Waals surface area (Å²) in [5.74, 6) is 1.84. The maximum absolute atomic E-state index is 5.77. The summed E-state index contributed by atoms with van der Waals surface area (Å²) in [6.45, 7) is 0. The van der Waals surface area contributed by atoms with Gasteiger partial charge in [0.25, 0.3) is 0 Å². The summed E-state index contributed by atoms with van der Waals surface area (Å²) in [5, 5.41) is 0. The van der Waals surface area contributed by atoms with Crippen LogP contribution in [0.1, 0.15) is 0 Å². The van der Waals surface area contributed by atoms with E-state index in [0.717, 1.165) is 16.7 Å². The molecule has 96 valence electrons. The molecule has 0 bridgehead atoms. The maximum Gasteiger partial charge on any atom is 0.234 e. The van der Waals surface area contributed by atoms with E-state index in [0.29, 0.717) is 17.4 Å². The first kappa shape index (κ1) is 11.6. The number of hydrogen-bond acceptors (Lipinski definition) is 4. The Kier molecular flexibility index (Phi) is 2.83. The summed E-state index contributed by atoms with van der Waals surface area (Å²) in [7, 11) is 3.22. The van der Waals surface area contributed by atoms with E-state index in [-0.39, 0.29) is 0 Å². The molecule has 0 spiro atoms. The number of aromatic nitrogens is 1. The molecular formula is C15H13NO3. The molecule has 1 aromatic heterocycles. The number of benzene rings is 2. The van der Waals surface area contributed by atoms with Crippen LogP contribution in [0.3, 0.4) is 0 Å². The molecule has 3 rings (SSSR count). The van der Waals surface area contributed by atoms with Crippen molar-refractivity contribution < 1.29 is 13.9 Å². The van der Waals surface area contributed by atoms with Gasteiger partial charge in [-0.25, -0.2) is 4.98 Å². The second kappa shape index (κ2) is 4.65. The molecule has 0 aliphatic carbocycles. The smallest absolute Gasteiger partial charge is 0.234 e. The van der Waals surface area contributed by atoms with Crippen molar-refractivity contribution in [3.05, 3.63) is 42.5 Å². The van der Waals surface area contributed by atoms with Crippen molar-refractivity contribution in [2.45, 2.75) is 0 Å². The van der Waals surface area contributed by atoms with Gasteiger partial charge in [0.15, 0.2) is 5.58 Å². The molecule has 0 saturated heterocycles. The molecule has 2 aromatic carbocycles. The molecule has 1 heterocycles. The van der Waals surface area contributed by atoms with Gasteiger partial charge in [0.1, 0.15) is 22.6 Å². The number of methoxy groups -OCH3 is 2. The molecule has 0 saturated carbocycles. The van der Waals surface area contributed by atoms with Crippen LogP contribution in [0.4, 0.5) is 0 Å². The van der Waals surface area contributed by atoms with Gasteiger partial charge in [-0.05, 0) is 24.3 Å². The summed E-state index contributed by atoms with van der Waals surface area (Å²) >= 11 is 0. The Hall–Kier alpha value is -2.49. The van der Waals surface area contributed by atoms with Crippen molar-refractivity contribution in [3.63, 3.8) is 0 Å². The van der Waals surface area contributed by atoms with Gasteiger partial charge < -0.3 is 13.9 Å². The van der Waals surface area contributed by atoms with Crippen molar-refractivity contribution >= 4 is 11.1 Å². The Morgan fingerprint density at radius 1 is 0.895 bits per heavy atom. The summed E-state index contributed by atoms with van der Waals surface area (Å²) in [6, 6.07) is 13.2. The van der Waals surface area contributed by atoms with Crippen molar-refractivity contribution in [1.29, 1.82) is 0 Å². The molecule has 0 radical (unpaired) electrons. The Bertz CT molecular complexity index is 663. The van der Waals surface area contributed by atoms with Gasteiger partial charge in [-0.15, -0.1) is 0 Å². The van der Waals surface area contributed by atoms with Crippen molar-refractivity contribution in [1.82, 2.24) is 4.98 Å². The van der Waals surface area contributed by atoms with Crippen molar-refractivity contribution in [2.24, 2.45) is 0 Å². The fourth-order valence-electron chi connectivity index (χ4n) is 2.04. The lowest BCUT2D eigenvalue weighted by molar-refractivity contribution is 0.394. The Morgan fingerprint density at radius 2 is 1.58 bits per heavy atom. The average Bonchev–Trinajstić information content (AvgIpc) is 2.89. The van der Waals surface area contributed by atoms with Gasteiger partial charge >= 0.3 is 0 Å². The van der Waals surface area contributed by atoms with Crippen LogP contribution < -0.4 is 9.47 Å². The van der Waals surface area contributed by atoms with Crippen LogP contribution in [0.2, 0.25) is 0 Å². The van der Waals surface area contributed by atoms with Gasteiger partial charge in [0, 0.05) is 0 Å². The van der Waals surface area contributed by atoms with Gasteiger partial charge in [0.2, 0.25) is 5.89 Å². The van der Waals surface area contributed by atoms with Crippen LogP contribution in [0, 0.1) is 0 Å². The normalized spacial score (nSPS) is 10.6. The third kappa shape index (κ3) is 1.91. The molecule has 0 amide bonds. The van der Waals surface area contributed by atoms with Crippen molar-refractivity contribution in [3.8, 4) is 23.0 Å². The summed E-state index contributed by atoms with van der Waals surface area (Å²) in [4.78, 5) is 4.47.